The molecule has 0 bridgehead atoms. The Morgan fingerprint density at radius 3 is 2.52 bits per heavy atom. The highest BCUT2D eigenvalue weighted by Crippen LogP contribution is 2.32. The van der Waals surface area contributed by atoms with Gasteiger partial charge in [0.2, 0.25) is 6.79 Å². The van der Waals surface area contributed by atoms with Gasteiger partial charge in [0.1, 0.15) is 0 Å². The molecule has 154 valence electrons. The lowest BCUT2D eigenvalue weighted by molar-refractivity contribution is -0.148. The van der Waals surface area contributed by atoms with Gasteiger partial charge in [-0.25, -0.2) is 0 Å². The molecule has 0 aliphatic carbocycles. The van der Waals surface area contributed by atoms with Gasteiger partial charge in [0.15, 0.2) is 29.6 Å². The topological polar surface area (TPSA) is 92.3 Å². The van der Waals surface area contributed by atoms with Crippen LogP contribution in [-0.2, 0) is 27.3 Å². The van der Waals surface area contributed by atoms with Crippen LogP contribution in [0.25, 0.3) is 0 Å². The van der Waals surface area contributed by atoms with Crippen LogP contribution in [0.4, 0.5) is 0 Å². The number of rotatable bonds is 9. The van der Waals surface area contributed by atoms with Gasteiger partial charge < -0.3 is 29.0 Å². The van der Waals surface area contributed by atoms with E-state index in [0.717, 1.165) is 11.1 Å². The van der Waals surface area contributed by atoms with Gasteiger partial charge in [-0.05, 0) is 41.8 Å². The lowest BCUT2D eigenvalue weighted by atomic mass is 10.1. The Morgan fingerprint density at radius 2 is 1.72 bits per heavy atom. The van der Waals surface area contributed by atoms with Crippen LogP contribution in [0.1, 0.15) is 17.5 Å². The van der Waals surface area contributed by atoms with Crippen LogP contribution in [0, 0.1) is 0 Å². The quantitative estimate of drug-likeness (QED) is 0.644. The Labute approximate surface area is 168 Å². The monoisotopic (exact) mass is 401 g/mol. The van der Waals surface area contributed by atoms with E-state index >= 15 is 0 Å². The van der Waals surface area contributed by atoms with Crippen molar-refractivity contribution in [3.05, 3.63) is 47.5 Å². The Bertz CT molecular complexity index is 881. The predicted octanol–water partition coefficient (Wildman–Crippen LogP) is 2.22. The number of nitrogens with one attached hydrogen (secondary N) is 1. The van der Waals surface area contributed by atoms with Gasteiger partial charge in [-0.3, -0.25) is 9.59 Å². The molecule has 0 saturated heterocycles. The zero-order chi connectivity index (χ0) is 20.6. The van der Waals surface area contributed by atoms with E-state index in [2.05, 4.69) is 5.32 Å². The predicted molar refractivity (Wildman–Crippen MR) is 103 cm³/mol. The van der Waals surface area contributed by atoms with Crippen LogP contribution >= 0.6 is 0 Å². The fraction of sp³-hybridized carbons (Fsp3) is 0.333. The highest BCUT2D eigenvalue weighted by molar-refractivity contribution is 5.80. The molecule has 1 amide bonds. The molecule has 0 aromatic heterocycles. The number of methoxy groups -OCH3 is 2. The number of benzene rings is 2. The minimum atomic E-state index is -0.446. The second-order valence-electron chi connectivity index (χ2n) is 6.31. The van der Waals surface area contributed by atoms with Gasteiger partial charge in [0.05, 0.1) is 14.2 Å². The number of carbonyl (C=O) groups excluding carboxylic acids is 2. The highest BCUT2D eigenvalue weighted by Gasteiger charge is 2.14. The molecule has 0 unspecified atom stereocenters. The number of hydrogen-bond donors (Lipinski definition) is 1. The molecule has 1 aliphatic heterocycles. The third kappa shape index (κ3) is 5.54. The molecule has 3 rings (SSSR count). The van der Waals surface area contributed by atoms with E-state index in [4.69, 9.17) is 23.7 Å². The van der Waals surface area contributed by atoms with E-state index in [1.165, 1.54) is 0 Å². The average Bonchev–Trinajstić information content (AvgIpc) is 3.22. The van der Waals surface area contributed by atoms with E-state index in [1.54, 1.807) is 32.4 Å². The SMILES string of the molecule is COc1ccc(CCC(=O)OCC(=O)NCc2ccc3c(c2)OCO3)cc1OC. The van der Waals surface area contributed by atoms with Crippen molar-refractivity contribution in [1.82, 2.24) is 5.32 Å². The first kappa shape index (κ1) is 20.3. The van der Waals surface area contributed by atoms with E-state index in [0.29, 0.717) is 36.0 Å². The smallest absolute Gasteiger partial charge is 0.306 e. The first-order valence-corrected chi connectivity index (χ1v) is 9.11. The second kappa shape index (κ2) is 9.68. The summed E-state index contributed by atoms with van der Waals surface area (Å²) in [5, 5.41) is 2.70. The minimum absolute atomic E-state index is 0.158. The largest absolute Gasteiger partial charge is 0.493 e. The summed E-state index contributed by atoms with van der Waals surface area (Å²) in [4.78, 5) is 23.8. The molecule has 2 aromatic carbocycles. The number of aryl methyl sites for hydroxylation is 1. The summed E-state index contributed by atoms with van der Waals surface area (Å²) in [5.41, 5.74) is 1.77. The van der Waals surface area contributed by atoms with Crippen molar-refractivity contribution in [1.29, 1.82) is 0 Å². The number of amides is 1. The molecule has 8 heteroatoms. The molecule has 0 atom stereocenters. The molecule has 29 heavy (non-hydrogen) atoms. The Hall–Kier alpha value is -3.42. The third-order valence-electron chi connectivity index (χ3n) is 4.36. The van der Waals surface area contributed by atoms with Crippen LogP contribution in [-0.4, -0.2) is 39.5 Å². The van der Waals surface area contributed by atoms with Gasteiger partial charge in [0, 0.05) is 13.0 Å². The van der Waals surface area contributed by atoms with Crippen LogP contribution in [0.2, 0.25) is 0 Å². The second-order valence-corrected chi connectivity index (χ2v) is 6.31. The summed E-state index contributed by atoms with van der Waals surface area (Å²) in [7, 11) is 3.12. The van der Waals surface area contributed by atoms with E-state index in [-0.39, 0.29) is 25.7 Å². The highest BCUT2D eigenvalue weighted by atomic mass is 16.7. The Kier molecular flexibility index (Phi) is 6.78. The lowest BCUT2D eigenvalue weighted by Gasteiger charge is -2.10. The molecule has 1 heterocycles. The standard InChI is InChI=1S/C21H23NO7/c1-25-16-6-3-14(9-18(16)26-2)5-8-21(24)27-12-20(23)22-11-15-4-7-17-19(10-15)29-13-28-17/h3-4,6-7,9-10H,5,8,11-13H2,1-2H3,(H,22,23). The molecule has 1 N–H and O–H groups in total. The summed E-state index contributed by atoms with van der Waals surface area (Å²) >= 11 is 0. The maximum absolute atomic E-state index is 11.9. The molecule has 0 spiro atoms. The Balaban J connectivity index is 1.38. The number of fused-ring (bicyclic) bond motifs is 1. The van der Waals surface area contributed by atoms with Crippen LogP contribution in [0.15, 0.2) is 36.4 Å². The van der Waals surface area contributed by atoms with Gasteiger partial charge in [0.25, 0.3) is 5.91 Å². The summed E-state index contributed by atoms with van der Waals surface area (Å²) in [5.74, 6) is 1.74. The van der Waals surface area contributed by atoms with E-state index in [1.807, 2.05) is 18.2 Å². The number of ether oxygens (including phenoxy) is 5. The summed E-state index contributed by atoms with van der Waals surface area (Å²) in [6.45, 7) is 0.179. The van der Waals surface area contributed by atoms with Gasteiger partial charge in [-0.1, -0.05) is 12.1 Å². The normalized spacial score (nSPS) is 11.7. The van der Waals surface area contributed by atoms with Crippen molar-refractivity contribution < 1.29 is 33.3 Å². The zero-order valence-corrected chi connectivity index (χ0v) is 16.4. The van der Waals surface area contributed by atoms with Crippen molar-refractivity contribution in [2.45, 2.75) is 19.4 Å². The van der Waals surface area contributed by atoms with Crippen molar-refractivity contribution in [3.63, 3.8) is 0 Å². The van der Waals surface area contributed by atoms with E-state index in [9.17, 15) is 9.59 Å². The molecule has 0 saturated carbocycles. The lowest BCUT2D eigenvalue weighted by Crippen LogP contribution is -2.28. The molecular weight excluding hydrogens is 378 g/mol. The van der Waals surface area contributed by atoms with Crippen molar-refractivity contribution in [2.75, 3.05) is 27.6 Å². The maximum Gasteiger partial charge on any atom is 0.306 e. The number of esters is 1. The first-order chi connectivity index (χ1) is 14.1. The molecule has 0 fully saturated rings. The van der Waals surface area contributed by atoms with Crippen LogP contribution in [0.5, 0.6) is 23.0 Å². The fourth-order valence-corrected chi connectivity index (χ4v) is 2.80. The van der Waals surface area contributed by atoms with Crippen molar-refractivity contribution >= 4 is 11.9 Å². The van der Waals surface area contributed by atoms with Gasteiger partial charge >= 0.3 is 5.97 Å². The summed E-state index contributed by atoms with van der Waals surface area (Å²) in [6.07, 6.45) is 0.628. The first-order valence-electron chi connectivity index (χ1n) is 9.11. The van der Waals surface area contributed by atoms with Crippen molar-refractivity contribution in [3.8, 4) is 23.0 Å². The maximum atomic E-state index is 11.9. The zero-order valence-electron chi connectivity index (χ0n) is 16.4. The molecular formula is C21H23NO7. The number of hydrogen-bond acceptors (Lipinski definition) is 7. The molecule has 8 nitrogen and oxygen atoms in total. The fourth-order valence-electron chi connectivity index (χ4n) is 2.80. The Morgan fingerprint density at radius 1 is 0.966 bits per heavy atom. The van der Waals surface area contributed by atoms with Crippen LogP contribution in [0.3, 0.4) is 0 Å². The van der Waals surface area contributed by atoms with E-state index < -0.39 is 5.97 Å². The van der Waals surface area contributed by atoms with Crippen LogP contribution < -0.4 is 24.3 Å². The molecule has 2 aromatic rings. The summed E-state index contributed by atoms with van der Waals surface area (Å²) < 4.78 is 26.0. The third-order valence-corrected chi connectivity index (χ3v) is 4.36. The minimum Gasteiger partial charge on any atom is -0.493 e. The van der Waals surface area contributed by atoms with Crippen molar-refractivity contribution in [2.24, 2.45) is 0 Å². The van der Waals surface area contributed by atoms with Gasteiger partial charge in [-0.2, -0.15) is 0 Å². The average molecular weight is 401 g/mol. The number of carbonyl (C=O) groups is 2. The molecule has 0 radical (unpaired) electrons. The summed E-state index contributed by atoms with van der Waals surface area (Å²) in [6, 6.07) is 10.9. The van der Waals surface area contributed by atoms with Gasteiger partial charge in [-0.15, -0.1) is 0 Å². The molecule has 1 aliphatic rings.